The van der Waals surface area contributed by atoms with Gasteiger partial charge < -0.3 is 9.64 Å². The normalized spacial score (nSPS) is 18.6. The SMILES string of the molecule is COC(=O)c1cccc(Cl)c1N1CC(CS(=O)(=O)F)CC1=O. The first-order chi connectivity index (χ1) is 10.2. The van der Waals surface area contributed by atoms with E-state index in [0.29, 0.717) is 0 Å². The van der Waals surface area contributed by atoms with Crippen LogP contribution in [0.3, 0.4) is 0 Å². The van der Waals surface area contributed by atoms with Crippen molar-refractivity contribution in [2.45, 2.75) is 6.42 Å². The molecule has 1 fully saturated rings. The molecule has 1 aliphatic heterocycles. The topological polar surface area (TPSA) is 80.8 Å². The summed E-state index contributed by atoms with van der Waals surface area (Å²) in [5.41, 5.74) is 0.242. The highest BCUT2D eigenvalue weighted by Gasteiger charge is 2.36. The fourth-order valence-electron chi connectivity index (χ4n) is 2.46. The van der Waals surface area contributed by atoms with Crippen LogP contribution in [0.1, 0.15) is 16.8 Å². The van der Waals surface area contributed by atoms with E-state index in [2.05, 4.69) is 4.74 Å². The molecule has 2 rings (SSSR count). The molecule has 1 aromatic rings. The molecule has 0 N–H and O–H groups in total. The quantitative estimate of drug-likeness (QED) is 0.611. The Balaban J connectivity index is 2.36. The van der Waals surface area contributed by atoms with Gasteiger partial charge >= 0.3 is 16.2 Å². The number of carbonyl (C=O) groups excluding carboxylic acids is 2. The standard InChI is InChI=1S/C13H13ClFNO5S/c1-21-13(18)9-3-2-4-10(14)12(9)16-6-8(5-11(16)17)7-22(15,19)20/h2-4,8H,5-7H2,1H3. The molecule has 6 nitrogen and oxygen atoms in total. The zero-order chi connectivity index (χ0) is 16.5. The zero-order valence-electron chi connectivity index (χ0n) is 11.6. The van der Waals surface area contributed by atoms with Crippen molar-refractivity contribution in [2.24, 2.45) is 5.92 Å². The molecule has 1 aliphatic rings. The molecule has 1 atom stereocenters. The van der Waals surface area contributed by atoms with Crippen LogP contribution in [0.2, 0.25) is 5.02 Å². The zero-order valence-corrected chi connectivity index (χ0v) is 13.2. The Bertz CT molecular complexity index is 721. The minimum Gasteiger partial charge on any atom is -0.465 e. The third kappa shape index (κ3) is 3.56. The number of nitrogens with zero attached hydrogens (tertiary/aromatic N) is 1. The lowest BCUT2D eigenvalue weighted by molar-refractivity contribution is -0.117. The third-order valence-corrected chi connectivity index (χ3v) is 4.48. The maximum atomic E-state index is 12.8. The van der Waals surface area contributed by atoms with E-state index in [1.165, 1.54) is 30.2 Å². The molecule has 0 aliphatic carbocycles. The smallest absolute Gasteiger partial charge is 0.340 e. The van der Waals surface area contributed by atoms with E-state index in [4.69, 9.17) is 11.6 Å². The molecule has 0 aromatic heterocycles. The van der Waals surface area contributed by atoms with E-state index in [0.717, 1.165) is 0 Å². The molecule has 0 spiro atoms. The van der Waals surface area contributed by atoms with Gasteiger partial charge in [0.2, 0.25) is 5.91 Å². The fourth-order valence-corrected chi connectivity index (χ4v) is 3.52. The Morgan fingerprint density at radius 1 is 1.50 bits per heavy atom. The number of halogens is 2. The van der Waals surface area contributed by atoms with Crippen LogP contribution >= 0.6 is 11.6 Å². The van der Waals surface area contributed by atoms with Gasteiger partial charge in [-0.3, -0.25) is 4.79 Å². The van der Waals surface area contributed by atoms with Crippen molar-refractivity contribution in [1.82, 2.24) is 0 Å². The van der Waals surface area contributed by atoms with Gasteiger partial charge in [-0.15, -0.1) is 3.89 Å². The Kier molecular flexibility index (Phi) is 4.72. The van der Waals surface area contributed by atoms with Crippen molar-refractivity contribution in [3.63, 3.8) is 0 Å². The van der Waals surface area contributed by atoms with Gasteiger partial charge in [-0.05, 0) is 12.1 Å². The van der Waals surface area contributed by atoms with E-state index in [9.17, 15) is 21.9 Å². The Labute approximate surface area is 132 Å². The number of para-hydroxylation sites is 1. The van der Waals surface area contributed by atoms with Crippen LogP contribution in [0.4, 0.5) is 9.57 Å². The van der Waals surface area contributed by atoms with Crippen LogP contribution in [0, 0.1) is 5.92 Å². The van der Waals surface area contributed by atoms with Crippen LogP contribution in [0.15, 0.2) is 18.2 Å². The fraction of sp³-hybridized carbons (Fsp3) is 0.385. The van der Waals surface area contributed by atoms with E-state index in [1.54, 1.807) is 0 Å². The minimum atomic E-state index is -4.68. The van der Waals surface area contributed by atoms with Crippen molar-refractivity contribution in [3.8, 4) is 0 Å². The lowest BCUT2D eigenvalue weighted by Crippen LogP contribution is -2.27. The van der Waals surface area contributed by atoms with Gasteiger partial charge in [-0.25, -0.2) is 4.79 Å². The summed E-state index contributed by atoms with van der Waals surface area (Å²) in [4.78, 5) is 25.1. The molecule has 1 heterocycles. The molecular formula is C13H13ClFNO5S. The Morgan fingerprint density at radius 2 is 2.18 bits per heavy atom. The number of rotatable bonds is 4. The van der Waals surface area contributed by atoms with Crippen molar-refractivity contribution in [3.05, 3.63) is 28.8 Å². The number of hydrogen-bond donors (Lipinski definition) is 0. The van der Waals surface area contributed by atoms with Gasteiger partial charge in [0.05, 0.1) is 29.1 Å². The summed E-state index contributed by atoms with van der Waals surface area (Å²) in [6.45, 7) is -0.0320. The third-order valence-electron chi connectivity index (χ3n) is 3.30. The molecule has 0 bridgehead atoms. The van der Waals surface area contributed by atoms with E-state index in [1.807, 2.05) is 0 Å². The second-order valence-corrected chi connectivity index (χ2v) is 6.73. The van der Waals surface area contributed by atoms with Crippen LogP contribution in [-0.2, 0) is 19.8 Å². The number of benzene rings is 1. The first kappa shape index (κ1) is 16.7. The van der Waals surface area contributed by atoms with Crippen molar-refractivity contribution >= 4 is 39.4 Å². The summed E-state index contributed by atoms with van der Waals surface area (Å²) >= 11 is 6.06. The molecule has 1 amide bonds. The molecule has 1 unspecified atom stereocenters. The summed E-state index contributed by atoms with van der Waals surface area (Å²) < 4.78 is 38.9. The number of hydrogen-bond acceptors (Lipinski definition) is 5. The van der Waals surface area contributed by atoms with Gasteiger partial charge in [-0.1, -0.05) is 17.7 Å². The molecule has 0 radical (unpaired) electrons. The molecule has 22 heavy (non-hydrogen) atoms. The maximum absolute atomic E-state index is 12.8. The highest BCUT2D eigenvalue weighted by Crippen LogP contribution is 2.35. The highest BCUT2D eigenvalue weighted by molar-refractivity contribution is 7.86. The molecule has 1 saturated heterocycles. The lowest BCUT2D eigenvalue weighted by Gasteiger charge is -2.20. The van der Waals surface area contributed by atoms with E-state index in [-0.39, 0.29) is 29.2 Å². The molecule has 0 saturated carbocycles. The summed E-state index contributed by atoms with van der Waals surface area (Å²) in [5, 5.41) is 0.153. The molecular weight excluding hydrogens is 337 g/mol. The number of carbonyl (C=O) groups is 2. The van der Waals surface area contributed by atoms with Crippen molar-refractivity contribution in [2.75, 3.05) is 24.3 Å². The first-order valence-corrected chi connectivity index (χ1v) is 8.25. The molecule has 1 aromatic carbocycles. The average molecular weight is 350 g/mol. The second-order valence-electron chi connectivity index (χ2n) is 4.91. The predicted molar refractivity (Wildman–Crippen MR) is 78.1 cm³/mol. The summed E-state index contributed by atoms with van der Waals surface area (Å²) in [7, 11) is -3.49. The van der Waals surface area contributed by atoms with Crippen LogP contribution in [0.25, 0.3) is 0 Å². The van der Waals surface area contributed by atoms with Crippen LogP contribution in [0.5, 0.6) is 0 Å². The van der Waals surface area contributed by atoms with Gasteiger partial charge in [0.25, 0.3) is 0 Å². The van der Waals surface area contributed by atoms with Gasteiger partial charge in [-0.2, -0.15) is 8.42 Å². The van der Waals surface area contributed by atoms with Gasteiger partial charge in [0.15, 0.2) is 0 Å². The van der Waals surface area contributed by atoms with E-state index >= 15 is 0 Å². The largest absolute Gasteiger partial charge is 0.465 e. The average Bonchev–Trinajstić information content (AvgIpc) is 2.75. The number of ether oxygens (including phenoxy) is 1. The summed E-state index contributed by atoms with van der Waals surface area (Å²) in [6.07, 6.45) is -0.130. The number of esters is 1. The Hall–Kier alpha value is -1.67. The monoisotopic (exact) mass is 349 g/mol. The van der Waals surface area contributed by atoms with Gasteiger partial charge in [0.1, 0.15) is 0 Å². The first-order valence-electron chi connectivity index (χ1n) is 6.32. The minimum absolute atomic E-state index is 0.0320. The van der Waals surface area contributed by atoms with E-state index < -0.39 is 33.8 Å². The van der Waals surface area contributed by atoms with Crippen LogP contribution in [-0.4, -0.2) is 39.7 Å². The van der Waals surface area contributed by atoms with Crippen LogP contribution < -0.4 is 4.90 Å². The number of amides is 1. The Morgan fingerprint density at radius 3 is 2.77 bits per heavy atom. The predicted octanol–water partition coefficient (Wildman–Crippen LogP) is 1.78. The molecule has 9 heteroatoms. The van der Waals surface area contributed by atoms with Gasteiger partial charge in [0, 0.05) is 18.9 Å². The summed E-state index contributed by atoms with van der Waals surface area (Å²) in [5.74, 6) is -2.53. The van der Waals surface area contributed by atoms with Crippen molar-refractivity contribution < 1.29 is 26.6 Å². The number of anilines is 1. The molecule has 120 valence electrons. The number of methoxy groups -OCH3 is 1. The maximum Gasteiger partial charge on any atom is 0.340 e. The second kappa shape index (κ2) is 6.21. The summed E-state index contributed by atoms with van der Waals surface area (Å²) in [6, 6.07) is 4.47. The van der Waals surface area contributed by atoms with Crippen molar-refractivity contribution in [1.29, 1.82) is 0 Å². The highest BCUT2D eigenvalue weighted by atomic mass is 35.5. The lowest BCUT2D eigenvalue weighted by atomic mass is 10.1.